The molecular weight excluding hydrogens is 260 g/mol. The minimum absolute atomic E-state index is 0.233. The fourth-order valence-electron chi connectivity index (χ4n) is 2.51. The van der Waals surface area contributed by atoms with E-state index >= 15 is 0 Å². The Morgan fingerprint density at radius 1 is 1.21 bits per heavy atom. The maximum Gasteiger partial charge on any atom is 0.240 e. The second kappa shape index (κ2) is 5.23. The predicted octanol–water partition coefficient (Wildman–Crippen LogP) is 2.19. The highest BCUT2D eigenvalue weighted by molar-refractivity contribution is 7.89. The lowest BCUT2D eigenvalue weighted by molar-refractivity contribution is 0.190. The summed E-state index contributed by atoms with van der Waals surface area (Å²) < 4.78 is 25.6. The molecule has 19 heavy (non-hydrogen) atoms. The van der Waals surface area contributed by atoms with Gasteiger partial charge in [-0.1, -0.05) is 12.1 Å². The minimum Gasteiger partial charge on any atom is -0.305 e. The summed E-state index contributed by atoms with van der Waals surface area (Å²) >= 11 is 0. The second-order valence-corrected chi connectivity index (χ2v) is 7.44. The van der Waals surface area contributed by atoms with Crippen LogP contribution in [0, 0.1) is 0 Å². The lowest BCUT2D eigenvalue weighted by Crippen LogP contribution is -2.49. The van der Waals surface area contributed by atoms with E-state index in [1.807, 2.05) is 12.1 Å². The van der Waals surface area contributed by atoms with Crippen LogP contribution in [0.5, 0.6) is 0 Å². The molecule has 1 aromatic carbocycles. The van der Waals surface area contributed by atoms with Gasteiger partial charge in [0.15, 0.2) is 0 Å². The van der Waals surface area contributed by atoms with Crippen LogP contribution in [0.1, 0.15) is 44.7 Å². The number of hydrogen-bond donors (Lipinski definition) is 2. The number of nitrogens with one attached hydrogen (secondary N) is 2. The molecule has 0 aromatic heterocycles. The van der Waals surface area contributed by atoms with Crippen molar-refractivity contribution in [2.45, 2.75) is 49.6 Å². The molecule has 1 unspecified atom stereocenters. The molecule has 1 saturated carbocycles. The molecule has 106 valence electrons. The smallest absolute Gasteiger partial charge is 0.240 e. The van der Waals surface area contributed by atoms with Crippen LogP contribution in [-0.4, -0.2) is 21.0 Å². The van der Waals surface area contributed by atoms with E-state index < -0.39 is 10.0 Å². The average molecular weight is 282 g/mol. The lowest BCUT2D eigenvalue weighted by Gasteiger charge is -2.41. The summed E-state index contributed by atoms with van der Waals surface area (Å²) in [7, 11) is -1.92. The second-order valence-electron chi connectivity index (χ2n) is 5.56. The third kappa shape index (κ3) is 3.16. The fourth-order valence-corrected chi connectivity index (χ4v) is 3.24. The zero-order valence-corrected chi connectivity index (χ0v) is 12.5. The largest absolute Gasteiger partial charge is 0.305 e. The van der Waals surface area contributed by atoms with E-state index in [0.717, 1.165) is 5.56 Å². The van der Waals surface area contributed by atoms with Crippen LogP contribution < -0.4 is 10.0 Å². The molecule has 1 aliphatic carbocycles. The molecule has 2 rings (SSSR count). The molecule has 0 heterocycles. The van der Waals surface area contributed by atoms with Gasteiger partial charge in [0.05, 0.1) is 4.90 Å². The average Bonchev–Trinajstić information content (AvgIpc) is 2.37. The van der Waals surface area contributed by atoms with Gasteiger partial charge >= 0.3 is 0 Å². The monoisotopic (exact) mass is 282 g/mol. The van der Waals surface area contributed by atoms with Crippen molar-refractivity contribution in [2.24, 2.45) is 0 Å². The summed E-state index contributed by atoms with van der Waals surface area (Å²) in [5.41, 5.74) is 1.36. The Balaban J connectivity index is 2.10. The van der Waals surface area contributed by atoms with E-state index in [1.54, 1.807) is 12.1 Å². The van der Waals surface area contributed by atoms with Crippen LogP contribution in [0.15, 0.2) is 29.2 Å². The highest BCUT2D eigenvalue weighted by Crippen LogP contribution is 2.33. The Bertz CT molecular complexity index is 533. The first-order valence-electron chi connectivity index (χ1n) is 6.67. The Morgan fingerprint density at radius 2 is 1.79 bits per heavy atom. The maximum atomic E-state index is 11.6. The molecule has 0 amide bonds. The summed E-state index contributed by atoms with van der Waals surface area (Å²) in [6.07, 6.45) is 3.71. The van der Waals surface area contributed by atoms with Crippen LogP contribution >= 0.6 is 0 Å². The van der Waals surface area contributed by atoms with Gasteiger partial charge in [-0.2, -0.15) is 0 Å². The highest BCUT2D eigenvalue weighted by Gasteiger charge is 2.32. The van der Waals surface area contributed by atoms with Crippen molar-refractivity contribution in [3.8, 4) is 0 Å². The van der Waals surface area contributed by atoms with E-state index in [0.29, 0.717) is 4.90 Å². The van der Waals surface area contributed by atoms with E-state index in [1.165, 1.54) is 26.3 Å². The summed E-state index contributed by atoms with van der Waals surface area (Å²) in [4.78, 5) is 0.306. The topological polar surface area (TPSA) is 58.2 Å². The Kier molecular flexibility index (Phi) is 3.99. The van der Waals surface area contributed by atoms with Crippen LogP contribution in [-0.2, 0) is 10.0 Å². The number of hydrogen-bond acceptors (Lipinski definition) is 3. The molecule has 1 fully saturated rings. The molecule has 0 radical (unpaired) electrons. The number of sulfonamides is 1. The van der Waals surface area contributed by atoms with Gasteiger partial charge in [0, 0.05) is 11.6 Å². The summed E-state index contributed by atoms with van der Waals surface area (Å²) in [5, 5.41) is 3.62. The molecule has 5 heteroatoms. The molecule has 1 atom stereocenters. The summed E-state index contributed by atoms with van der Waals surface area (Å²) in [6, 6.07) is 7.30. The minimum atomic E-state index is -3.34. The normalized spacial score (nSPS) is 19.7. The van der Waals surface area contributed by atoms with Gasteiger partial charge < -0.3 is 5.32 Å². The van der Waals surface area contributed by atoms with E-state index in [9.17, 15) is 8.42 Å². The van der Waals surface area contributed by atoms with Gasteiger partial charge in [-0.25, -0.2) is 13.1 Å². The first-order chi connectivity index (χ1) is 8.86. The Hall–Kier alpha value is -0.910. The van der Waals surface area contributed by atoms with Gasteiger partial charge in [-0.05, 0) is 57.9 Å². The third-order valence-electron chi connectivity index (χ3n) is 3.98. The third-order valence-corrected chi connectivity index (χ3v) is 5.41. The summed E-state index contributed by atoms with van der Waals surface area (Å²) in [5.74, 6) is 0. The Morgan fingerprint density at radius 3 is 2.21 bits per heavy atom. The highest BCUT2D eigenvalue weighted by atomic mass is 32.2. The molecule has 0 spiro atoms. The van der Waals surface area contributed by atoms with Gasteiger partial charge in [0.2, 0.25) is 10.0 Å². The number of rotatable bonds is 5. The molecule has 0 aliphatic heterocycles. The molecule has 0 bridgehead atoms. The Labute approximate surface area is 115 Å². The van der Waals surface area contributed by atoms with Crippen molar-refractivity contribution in [3.05, 3.63) is 29.8 Å². The molecule has 2 N–H and O–H groups in total. The van der Waals surface area contributed by atoms with Crippen molar-refractivity contribution < 1.29 is 8.42 Å². The molecule has 0 saturated heterocycles. The predicted molar refractivity (Wildman–Crippen MR) is 76.5 cm³/mol. The SMILES string of the molecule is CNS(=O)(=O)c1ccc(C(C)NC2(C)CCC2)cc1. The molecule has 4 nitrogen and oxygen atoms in total. The van der Waals surface area contributed by atoms with E-state index in [-0.39, 0.29) is 11.6 Å². The fraction of sp³-hybridized carbons (Fsp3) is 0.571. The molecule has 1 aromatic rings. The van der Waals surface area contributed by atoms with Crippen molar-refractivity contribution >= 4 is 10.0 Å². The van der Waals surface area contributed by atoms with Gasteiger partial charge in [0.1, 0.15) is 0 Å². The lowest BCUT2D eigenvalue weighted by atomic mass is 9.78. The van der Waals surface area contributed by atoms with Gasteiger partial charge in [0.25, 0.3) is 0 Å². The first kappa shape index (κ1) is 14.5. The summed E-state index contributed by atoms with van der Waals surface area (Å²) in [6.45, 7) is 4.36. The van der Waals surface area contributed by atoms with Crippen LogP contribution in [0.2, 0.25) is 0 Å². The standard InChI is InChI=1S/C14H22N2O2S/c1-11(16-14(2)9-4-10-14)12-5-7-13(8-6-12)19(17,18)15-3/h5-8,11,15-16H,4,9-10H2,1-3H3. The van der Waals surface area contributed by atoms with Crippen LogP contribution in [0.4, 0.5) is 0 Å². The van der Waals surface area contributed by atoms with E-state index in [4.69, 9.17) is 0 Å². The number of benzene rings is 1. The van der Waals surface area contributed by atoms with Gasteiger partial charge in [-0.15, -0.1) is 0 Å². The van der Waals surface area contributed by atoms with Crippen molar-refractivity contribution in [3.63, 3.8) is 0 Å². The van der Waals surface area contributed by atoms with Crippen molar-refractivity contribution in [1.29, 1.82) is 0 Å². The zero-order valence-electron chi connectivity index (χ0n) is 11.7. The van der Waals surface area contributed by atoms with Crippen molar-refractivity contribution in [1.82, 2.24) is 10.0 Å². The zero-order chi connectivity index (χ0) is 14.1. The van der Waals surface area contributed by atoms with Crippen LogP contribution in [0.3, 0.4) is 0 Å². The maximum absolute atomic E-state index is 11.6. The quantitative estimate of drug-likeness (QED) is 0.870. The molecular formula is C14H22N2O2S. The van der Waals surface area contributed by atoms with Crippen molar-refractivity contribution in [2.75, 3.05) is 7.05 Å². The molecule has 1 aliphatic rings. The van der Waals surface area contributed by atoms with Crippen LogP contribution in [0.25, 0.3) is 0 Å². The first-order valence-corrected chi connectivity index (χ1v) is 8.16. The van der Waals surface area contributed by atoms with Gasteiger partial charge in [-0.3, -0.25) is 0 Å². The van der Waals surface area contributed by atoms with E-state index in [2.05, 4.69) is 23.9 Å².